The van der Waals surface area contributed by atoms with Gasteiger partial charge in [0.05, 0.1) is 13.2 Å². The van der Waals surface area contributed by atoms with E-state index in [0.717, 1.165) is 36.9 Å². The molecule has 0 spiro atoms. The minimum atomic E-state index is 0.0428. The summed E-state index contributed by atoms with van der Waals surface area (Å²) < 4.78 is 10.8. The van der Waals surface area contributed by atoms with Crippen molar-refractivity contribution >= 4 is 16.8 Å². The van der Waals surface area contributed by atoms with E-state index < -0.39 is 0 Å². The molecule has 3 aromatic rings. The number of fused-ring (bicyclic) bond motifs is 2. The molecule has 5 heteroatoms. The summed E-state index contributed by atoms with van der Waals surface area (Å²) in [7, 11) is 3.31. The number of ether oxygens (including phenoxy) is 2. The van der Waals surface area contributed by atoms with Crippen molar-refractivity contribution in [2.75, 3.05) is 27.4 Å². The summed E-state index contributed by atoms with van der Waals surface area (Å²) in [6.45, 7) is 2.97. The van der Waals surface area contributed by atoms with Gasteiger partial charge in [-0.3, -0.25) is 4.79 Å². The minimum absolute atomic E-state index is 0.0428. The lowest BCUT2D eigenvalue weighted by Crippen LogP contribution is -2.42. The fraction of sp³-hybridized carbons (Fsp3) is 0.400. The van der Waals surface area contributed by atoms with Crippen LogP contribution < -0.4 is 4.74 Å². The number of nitrogens with one attached hydrogen (secondary N) is 1. The molecule has 2 aromatic carbocycles. The van der Waals surface area contributed by atoms with Gasteiger partial charge < -0.3 is 19.4 Å². The zero-order valence-electron chi connectivity index (χ0n) is 18.0. The molecule has 1 aromatic heterocycles. The molecule has 5 nitrogen and oxygen atoms in total. The van der Waals surface area contributed by atoms with Crippen molar-refractivity contribution in [3.63, 3.8) is 0 Å². The van der Waals surface area contributed by atoms with Crippen molar-refractivity contribution in [1.29, 1.82) is 0 Å². The fourth-order valence-electron chi connectivity index (χ4n) is 4.69. The number of H-pyrrole nitrogens is 1. The van der Waals surface area contributed by atoms with E-state index in [9.17, 15) is 4.79 Å². The Labute approximate surface area is 178 Å². The van der Waals surface area contributed by atoms with Gasteiger partial charge in [0.2, 0.25) is 5.91 Å². The predicted octanol–water partition coefficient (Wildman–Crippen LogP) is 4.44. The number of para-hydroxylation sites is 1. The van der Waals surface area contributed by atoms with Crippen LogP contribution in [-0.4, -0.2) is 43.2 Å². The Hall–Kier alpha value is -2.79. The number of hydrogen-bond donors (Lipinski definition) is 1. The van der Waals surface area contributed by atoms with Crippen LogP contribution in [0.4, 0.5) is 0 Å². The minimum Gasteiger partial charge on any atom is -0.496 e. The Kier molecular flexibility index (Phi) is 6.09. The number of rotatable bonds is 7. The highest BCUT2D eigenvalue weighted by atomic mass is 16.5. The first-order chi connectivity index (χ1) is 14.7. The maximum absolute atomic E-state index is 12.8. The maximum Gasteiger partial charge on any atom is 0.249 e. The van der Waals surface area contributed by atoms with Gasteiger partial charge in [0.1, 0.15) is 12.4 Å². The highest BCUT2D eigenvalue weighted by Gasteiger charge is 2.31. The van der Waals surface area contributed by atoms with E-state index in [4.69, 9.17) is 9.47 Å². The topological polar surface area (TPSA) is 54.6 Å². The van der Waals surface area contributed by atoms with Gasteiger partial charge in [0, 0.05) is 30.8 Å². The predicted molar refractivity (Wildman–Crippen MR) is 119 cm³/mol. The molecule has 0 saturated carbocycles. The Balaban J connectivity index is 1.68. The van der Waals surface area contributed by atoms with Gasteiger partial charge in [-0.25, -0.2) is 0 Å². The highest BCUT2D eigenvalue weighted by Crippen LogP contribution is 2.37. The number of carbonyl (C=O) groups excluding carboxylic acids is 1. The van der Waals surface area contributed by atoms with Crippen LogP contribution in [0.2, 0.25) is 0 Å². The Bertz CT molecular complexity index is 1040. The lowest BCUT2D eigenvalue weighted by Gasteiger charge is -2.38. The second-order valence-electron chi connectivity index (χ2n) is 7.90. The van der Waals surface area contributed by atoms with E-state index in [-0.39, 0.29) is 18.6 Å². The van der Waals surface area contributed by atoms with Gasteiger partial charge in [0.15, 0.2) is 0 Å². The zero-order chi connectivity index (χ0) is 21.1. The SMILES string of the molecule is CCc1cc2c(cc1OC)CCN(C(=O)COC)C2CCc1c[nH]c2ccccc12. The van der Waals surface area contributed by atoms with Gasteiger partial charge in [-0.2, -0.15) is 0 Å². The molecule has 158 valence electrons. The summed E-state index contributed by atoms with van der Waals surface area (Å²) in [4.78, 5) is 18.2. The number of aromatic amines is 1. The number of aromatic nitrogens is 1. The van der Waals surface area contributed by atoms with Crippen LogP contribution in [0.5, 0.6) is 5.75 Å². The number of hydrogen-bond acceptors (Lipinski definition) is 3. The van der Waals surface area contributed by atoms with Crippen molar-refractivity contribution in [3.05, 3.63) is 64.8 Å². The van der Waals surface area contributed by atoms with E-state index in [1.165, 1.54) is 27.6 Å². The summed E-state index contributed by atoms with van der Waals surface area (Å²) in [5, 5.41) is 1.26. The summed E-state index contributed by atoms with van der Waals surface area (Å²) in [6.07, 6.45) is 5.62. The molecule has 1 aliphatic rings. The smallest absolute Gasteiger partial charge is 0.249 e. The standard InChI is InChI=1S/C25H30N2O3/c1-4-17-13-21-18(14-24(17)30-3)11-12-27(25(28)16-29-2)23(21)10-9-19-15-26-22-8-6-5-7-20(19)22/h5-8,13-15,23,26H,4,9-12,16H2,1-3H3. The molecule has 0 radical (unpaired) electrons. The van der Waals surface area contributed by atoms with Gasteiger partial charge in [-0.1, -0.05) is 25.1 Å². The Morgan fingerprint density at radius 2 is 2.03 bits per heavy atom. The first-order valence-electron chi connectivity index (χ1n) is 10.7. The average Bonchev–Trinajstić information content (AvgIpc) is 3.19. The van der Waals surface area contributed by atoms with Crippen molar-refractivity contribution in [1.82, 2.24) is 9.88 Å². The monoisotopic (exact) mass is 406 g/mol. The van der Waals surface area contributed by atoms with Crippen LogP contribution in [-0.2, 0) is 28.8 Å². The van der Waals surface area contributed by atoms with E-state index in [2.05, 4.69) is 48.4 Å². The van der Waals surface area contributed by atoms with Gasteiger partial charge >= 0.3 is 0 Å². The van der Waals surface area contributed by atoms with Crippen LogP contribution in [0.15, 0.2) is 42.6 Å². The zero-order valence-corrected chi connectivity index (χ0v) is 18.0. The molecule has 0 aliphatic carbocycles. The molecular weight excluding hydrogens is 376 g/mol. The molecular formula is C25H30N2O3. The second kappa shape index (κ2) is 8.92. The molecule has 0 fully saturated rings. The number of carbonyl (C=O) groups is 1. The van der Waals surface area contributed by atoms with Crippen molar-refractivity contribution in [2.45, 2.75) is 38.6 Å². The van der Waals surface area contributed by atoms with Crippen LogP contribution >= 0.6 is 0 Å². The van der Waals surface area contributed by atoms with Crippen molar-refractivity contribution < 1.29 is 14.3 Å². The fourth-order valence-corrected chi connectivity index (χ4v) is 4.69. The van der Waals surface area contributed by atoms with E-state index in [0.29, 0.717) is 6.54 Å². The molecule has 2 heterocycles. The molecule has 1 atom stereocenters. The summed E-state index contributed by atoms with van der Waals surface area (Å²) >= 11 is 0. The number of benzene rings is 2. The third-order valence-electron chi connectivity index (χ3n) is 6.23. The van der Waals surface area contributed by atoms with Crippen LogP contribution in [0, 0.1) is 0 Å². The lowest BCUT2D eigenvalue weighted by atomic mass is 9.86. The van der Waals surface area contributed by atoms with Gasteiger partial charge in [-0.15, -0.1) is 0 Å². The number of methoxy groups -OCH3 is 2. The summed E-state index contributed by atoms with van der Waals surface area (Å²) in [5.74, 6) is 1.00. The number of aryl methyl sites for hydroxylation is 2. The largest absolute Gasteiger partial charge is 0.496 e. The van der Waals surface area contributed by atoms with E-state index >= 15 is 0 Å². The molecule has 1 amide bonds. The maximum atomic E-state index is 12.8. The van der Waals surface area contributed by atoms with Gasteiger partial charge in [-0.05, 0) is 66.1 Å². The van der Waals surface area contributed by atoms with Crippen LogP contribution in [0.25, 0.3) is 10.9 Å². The Morgan fingerprint density at radius 1 is 1.20 bits per heavy atom. The highest BCUT2D eigenvalue weighted by molar-refractivity contribution is 5.83. The average molecular weight is 407 g/mol. The van der Waals surface area contributed by atoms with Crippen molar-refractivity contribution in [3.8, 4) is 5.75 Å². The van der Waals surface area contributed by atoms with Crippen LogP contribution in [0.1, 0.15) is 41.6 Å². The molecule has 1 aliphatic heterocycles. The molecule has 1 unspecified atom stereocenters. The summed E-state index contributed by atoms with van der Waals surface area (Å²) in [5.41, 5.74) is 6.18. The van der Waals surface area contributed by atoms with E-state index in [1.54, 1.807) is 14.2 Å². The molecule has 4 rings (SSSR count). The Morgan fingerprint density at radius 3 is 2.80 bits per heavy atom. The first kappa shape index (κ1) is 20.5. The number of amides is 1. The van der Waals surface area contributed by atoms with Gasteiger partial charge in [0.25, 0.3) is 0 Å². The molecule has 0 bridgehead atoms. The second-order valence-corrected chi connectivity index (χ2v) is 7.90. The number of nitrogens with zero attached hydrogens (tertiary/aromatic N) is 1. The normalized spacial score (nSPS) is 16.0. The molecule has 0 saturated heterocycles. The quantitative estimate of drug-likeness (QED) is 0.631. The third-order valence-corrected chi connectivity index (χ3v) is 6.23. The third kappa shape index (κ3) is 3.82. The molecule has 30 heavy (non-hydrogen) atoms. The van der Waals surface area contributed by atoms with Crippen LogP contribution in [0.3, 0.4) is 0 Å². The summed E-state index contributed by atoms with van der Waals surface area (Å²) in [6, 6.07) is 12.8. The first-order valence-corrected chi connectivity index (χ1v) is 10.7. The lowest BCUT2D eigenvalue weighted by molar-refractivity contribution is -0.138. The van der Waals surface area contributed by atoms with E-state index in [1.807, 2.05) is 11.0 Å². The van der Waals surface area contributed by atoms with Crippen molar-refractivity contribution in [2.24, 2.45) is 0 Å². The molecule has 1 N–H and O–H groups in total.